The molecule has 0 saturated heterocycles. The van der Waals surface area contributed by atoms with Crippen molar-refractivity contribution < 1.29 is 9.59 Å². The smallest absolute Gasteiger partial charge is 0.146 e. The Morgan fingerprint density at radius 3 is 1.00 bits per heavy atom. The molecule has 0 bridgehead atoms. The Balaban J connectivity index is -0.000000143. The molecule has 0 aromatic carbocycles. The number of nitrogens with two attached hydrogens (primary N) is 2. The lowest BCUT2D eigenvalue weighted by Gasteiger charge is -1.91. The van der Waals surface area contributed by atoms with E-state index in [-0.39, 0.29) is 31.1 Å². The lowest BCUT2D eigenvalue weighted by molar-refractivity contribution is -0.118. The first kappa shape index (κ1) is 18.1. The number of hydrogen-bond donors (Lipinski definition) is 2. The highest BCUT2D eigenvalue weighted by Crippen LogP contribution is 1.72. The third-order valence-corrected chi connectivity index (χ3v) is 1.28. The maximum Gasteiger partial charge on any atom is 0.146 e. The van der Waals surface area contributed by atoms with Crippen molar-refractivity contribution in [2.75, 3.05) is 0 Å². The van der Waals surface area contributed by atoms with Gasteiger partial charge >= 0.3 is 0 Å². The third kappa shape index (κ3) is 18.3. The minimum absolute atomic E-state index is 0. The van der Waals surface area contributed by atoms with Crippen molar-refractivity contribution >= 4 is 11.6 Å². The van der Waals surface area contributed by atoms with Crippen molar-refractivity contribution in [2.24, 2.45) is 11.5 Å². The molecule has 0 aromatic rings. The first-order valence-electron chi connectivity index (χ1n) is 3.81. The molecule has 0 radical (unpaired) electrons. The molecule has 0 saturated carbocycles. The highest BCUT2D eigenvalue weighted by Gasteiger charge is 1.95. The maximum absolute atomic E-state index is 10.0. The van der Waals surface area contributed by atoms with Gasteiger partial charge < -0.3 is 11.5 Å². The fraction of sp³-hybridized carbons (Fsp3) is 0.778. The van der Waals surface area contributed by atoms with E-state index in [9.17, 15) is 9.59 Å². The number of Topliss-reactive ketones (excluding diaryl/α,β-unsaturated/α-hetero) is 2. The van der Waals surface area contributed by atoms with Crippen LogP contribution in [0, 0.1) is 0 Å². The molecule has 13 heavy (non-hydrogen) atoms. The molecule has 2 atom stereocenters. The number of ketones is 2. The fourth-order valence-electron chi connectivity index (χ4n) is 0. The van der Waals surface area contributed by atoms with Crippen molar-refractivity contribution in [1.82, 2.24) is 0 Å². The van der Waals surface area contributed by atoms with E-state index in [1.807, 2.05) is 0 Å². The summed E-state index contributed by atoms with van der Waals surface area (Å²) in [6, 6.07) is -0.574. The molecule has 4 nitrogen and oxygen atoms in total. The van der Waals surface area contributed by atoms with Crippen LogP contribution >= 0.6 is 0 Å². The van der Waals surface area contributed by atoms with Gasteiger partial charge in [0.25, 0.3) is 0 Å². The summed E-state index contributed by atoms with van der Waals surface area (Å²) in [7, 11) is 0. The van der Waals surface area contributed by atoms with Crippen LogP contribution in [-0.2, 0) is 9.59 Å². The molecule has 0 aliphatic rings. The topological polar surface area (TPSA) is 86.2 Å². The van der Waals surface area contributed by atoms with Crippen LogP contribution in [0.25, 0.3) is 0 Å². The molecule has 0 aliphatic heterocycles. The highest BCUT2D eigenvalue weighted by molar-refractivity contribution is 5.80. The summed E-state index contributed by atoms with van der Waals surface area (Å²) in [5.74, 6) is 0.0741. The van der Waals surface area contributed by atoms with E-state index in [2.05, 4.69) is 0 Å². The quantitative estimate of drug-likeness (QED) is 0.663. The van der Waals surface area contributed by atoms with Crippen LogP contribution < -0.4 is 11.5 Å². The summed E-state index contributed by atoms with van der Waals surface area (Å²) in [5, 5.41) is 0. The average Bonchev–Trinajstić information content (AvgIpc) is 1.88. The summed E-state index contributed by atoms with van der Waals surface area (Å²) >= 11 is 0. The summed E-state index contributed by atoms with van der Waals surface area (Å²) in [6.07, 6.45) is 0. The van der Waals surface area contributed by atoms with Gasteiger partial charge in [0.15, 0.2) is 0 Å². The molecule has 0 fully saturated rings. The predicted octanol–water partition coefficient (Wildman–Crippen LogP) is 0.481. The zero-order valence-corrected chi connectivity index (χ0v) is 8.13. The summed E-state index contributed by atoms with van der Waals surface area (Å²) in [4.78, 5) is 20.0. The van der Waals surface area contributed by atoms with Gasteiger partial charge in [0.1, 0.15) is 11.6 Å². The van der Waals surface area contributed by atoms with E-state index in [4.69, 9.17) is 11.5 Å². The van der Waals surface area contributed by atoms with Crippen LogP contribution in [0.15, 0.2) is 0 Å². The number of carbonyl (C=O) groups excluding carboxylic acids is 2. The summed E-state index contributed by atoms with van der Waals surface area (Å²) in [6.45, 7) is 6.29. The molecule has 0 rings (SSSR count). The Morgan fingerprint density at radius 1 is 0.923 bits per heavy atom. The third-order valence-electron chi connectivity index (χ3n) is 1.28. The normalized spacial score (nSPS) is 12.8. The van der Waals surface area contributed by atoms with Gasteiger partial charge in [0.2, 0.25) is 0 Å². The Kier molecular flexibility index (Phi) is 13.0. The lowest BCUT2D eigenvalue weighted by Crippen LogP contribution is -2.23. The summed E-state index contributed by atoms with van der Waals surface area (Å²) < 4.78 is 0. The molecule has 4 N–H and O–H groups in total. The maximum atomic E-state index is 10.0. The van der Waals surface area contributed by atoms with Crippen LogP contribution in [0.2, 0.25) is 0 Å². The Bertz CT molecular complexity index is 136. The lowest BCUT2D eigenvalue weighted by atomic mass is 10.3. The number of rotatable bonds is 2. The minimum atomic E-state index is -0.287. The highest BCUT2D eigenvalue weighted by atomic mass is 16.1. The molecular weight excluding hydrogens is 168 g/mol. The standard InChI is InChI=1S/2C4H9NO.CH4/c2*1-3(5)4(2)6;/h2*3H,5H2,1-2H3;1H4/t2*3-;/m10./s1. The van der Waals surface area contributed by atoms with Gasteiger partial charge in [0, 0.05) is 0 Å². The fourth-order valence-corrected chi connectivity index (χ4v) is 0. The van der Waals surface area contributed by atoms with E-state index in [0.29, 0.717) is 0 Å². The SMILES string of the molecule is C.CC(=O)[C@@H](C)N.CC(=O)[C@H](C)N. The molecule has 4 heteroatoms. The monoisotopic (exact) mass is 190 g/mol. The van der Waals surface area contributed by atoms with Crippen molar-refractivity contribution in [3.05, 3.63) is 0 Å². The van der Waals surface area contributed by atoms with Crippen molar-refractivity contribution in [2.45, 2.75) is 47.2 Å². The molecule has 80 valence electrons. The van der Waals surface area contributed by atoms with E-state index in [0.717, 1.165) is 0 Å². The van der Waals surface area contributed by atoms with Crippen LogP contribution in [0.3, 0.4) is 0 Å². The molecule has 0 unspecified atom stereocenters. The Morgan fingerprint density at radius 2 is 1.00 bits per heavy atom. The second-order valence-electron chi connectivity index (χ2n) is 2.80. The van der Waals surface area contributed by atoms with Crippen LogP contribution in [0.4, 0.5) is 0 Å². The van der Waals surface area contributed by atoms with Gasteiger partial charge in [-0.05, 0) is 27.7 Å². The largest absolute Gasteiger partial charge is 0.322 e. The molecule has 0 amide bonds. The second-order valence-corrected chi connectivity index (χ2v) is 2.80. The first-order valence-corrected chi connectivity index (χ1v) is 3.81. The van der Waals surface area contributed by atoms with Crippen LogP contribution in [-0.4, -0.2) is 23.7 Å². The minimum Gasteiger partial charge on any atom is -0.322 e. The van der Waals surface area contributed by atoms with Crippen molar-refractivity contribution in [3.63, 3.8) is 0 Å². The van der Waals surface area contributed by atoms with Gasteiger partial charge in [0.05, 0.1) is 12.1 Å². The zero-order chi connectivity index (χ0) is 10.3. The van der Waals surface area contributed by atoms with E-state index < -0.39 is 0 Å². The van der Waals surface area contributed by atoms with Crippen molar-refractivity contribution in [1.29, 1.82) is 0 Å². The van der Waals surface area contributed by atoms with Crippen molar-refractivity contribution in [3.8, 4) is 0 Å². The zero-order valence-electron chi connectivity index (χ0n) is 8.13. The molecule has 0 heterocycles. The van der Waals surface area contributed by atoms with Gasteiger partial charge in [-0.15, -0.1) is 0 Å². The van der Waals surface area contributed by atoms with Crippen LogP contribution in [0.1, 0.15) is 35.1 Å². The average molecular weight is 190 g/mol. The molecule has 0 spiro atoms. The van der Waals surface area contributed by atoms with Crippen LogP contribution in [0.5, 0.6) is 0 Å². The number of hydrogen-bond acceptors (Lipinski definition) is 4. The molecular formula is C9H22N2O2. The van der Waals surface area contributed by atoms with Gasteiger partial charge in [-0.3, -0.25) is 9.59 Å². The van der Waals surface area contributed by atoms with Gasteiger partial charge in [-0.1, -0.05) is 7.43 Å². The van der Waals surface area contributed by atoms with E-state index in [1.165, 1.54) is 13.8 Å². The summed E-state index contributed by atoms with van der Waals surface area (Å²) in [5.41, 5.74) is 10.2. The Labute approximate surface area is 80.7 Å². The van der Waals surface area contributed by atoms with E-state index in [1.54, 1.807) is 13.8 Å². The van der Waals surface area contributed by atoms with Gasteiger partial charge in [-0.25, -0.2) is 0 Å². The Hall–Kier alpha value is -0.740. The second kappa shape index (κ2) is 9.35. The van der Waals surface area contributed by atoms with Gasteiger partial charge in [-0.2, -0.15) is 0 Å². The number of carbonyl (C=O) groups is 2. The molecule has 0 aliphatic carbocycles. The predicted molar refractivity (Wildman–Crippen MR) is 55.4 cm³/mol. The van der Waals surface area contributed by atoms with E-state index >= 15 is 0 Å². The molecule has 0 aromatic heterocycles. The first-order chi connectivity index (χ1) is 5.29.